The first-order valence-electron chi connectivity index (χ1n) is 6.09. The van der Waals surface area contributed by atoms with Gasteiger partial charge in [0.1, 0.15) is 0 Å². The molecule has 0 spiro atoms. The highest BCUT2D eigenvalue weighted by Crippen LogP contribution is 1.88. The summed E-state index contributed by atoms with van der Waals surface area (Å²) in [5, 5.41) is 5.17. The number of carbonyl (C=O) groups excluding carboxylic acids is 2. The molecule has 8 heteroatoms. The maximum absolute atomic E-state index is 11.3. The molecule has 0 bridgehead atoms. The molecule has 6 nitrogen and oxygen atoms in total. The van der Waals surface area contributed by atoms with E-state index in [0.717, 1.165) is 26.1 Å². The Morgan fingerprint density at radius 2 is 1.68 bits per heavy atom. The predicted octanol–water partition coefficient (Wildman–Crippen LogP) is -0.247. The Morgan fingerprint density at radius 1 is 1.05 bits per heavy atom. The average molecular weight is 317 g/mol. The first kappa shape index (κ1) is 23.5. The number of hydrogen-bond acceptors (Lipinski definition) is 4. The number of likely N-dealkylation sites (N-methyl/N-ethyl adjacent to an activating group) is 1. The van der Waals surface area contributed by atoms with Gasteiger partial charge in [0.05, 0.1) is 13.1 Å². The Labute approximate surface area is 127 Å². The number of amides is 2. The van der Waals surface area contributed by atoms with E-state index in [1.165, 1.54) is 0 Å². The summed E-state index contributed by atoms with van der Waals surface area (Å²) >= 11 is 0. The molecule has 2 amide bonds. The molecule has 0 radical (unpaired) electrons. The lowest BCUT2D eigenvalue weighted by Gasteiger charge is -2.19. The fraction of sp³-hybridized carbons (Fsp3) is 0.818. The van der Waals surface area contributed by atoms with Gasteiger partial charge in [0.15, 0.2) is 0 Å². The van der Waals surface area contributed by atoms with Gasteiger partial charge in [-0.1, -0.05) is 13.8 Å². The maximum Gasteiger partial charge on any atom is 0.239 e. The highest BCUT2D eigenvalue weighted by Gasteiger charge is 2.04. The molecule has 0 aromatic carbocycles. The zero-order chi connectivity index (χ0) is 13.1. The van der Waals surface area contributed by atoms with Crippen LogP contribution < -0.4 is 16.4 Å². The van der Waals surface area contributed by atoms with Crippen molar-refractivity contribution in [2.45, 2.75) is 20.3 Å². The van der Waals surface area contributed by atoms with Crippen LogP contribution in [0.5, 0.6) is 0 Å². The summed E-state index contributed by atoms with van der Waals surface area (Å²) < 4.78 is 0. The van der Waals surface area contributed by atoms with Crippen molar-refractivity contribution in [3.63, 3.8) is 0 Å². The summed E-state index contributed by atoms with van der Waals surface area (Å²) in [5.41, 5.74) is 5.10. The van der Waals surface area contributed by atoms with Crippen molar-refractivity contribution in [1.82, 2.24) is 15.5 Å². The smallest absolute Gasteiger partial charge is 0.239 e. The van der Waals surface area contributed by atoms with E-state index in [2.05, 4.69) is 29.4 Å². The van der Waals surface area contributed by atoms with Gasteiger partial charge < -0.3 is 21.3 Å². The van der Waals surface area contributed by atoms with Crippen molar-refractivity contribution in [2.75, 3.05) is 39.3 Å². The molecule has 0 aliphatic rings. The molecule has 116 valence electrons. The maximum atomic E-state index is 11.3. The van der Waals surface area contributed by atoms with Gasteiger partial charge in [-0.25, -0.2) is 0 Å². The predicted molar refractivity (Wildman–Crippen MR) is 82.0 cm³/mol. The fourth-order valence-electron chi connectivity index (χ4n) is 1.41. The second-order valence-corrected chi connectivity index (χ2v) is 3.77. The highest BCUT2D eigenvalue weighted by atomic mass is 35.5. The quantitative estimate of drug-likeness (QED) is 0.547. The second kappa shape index (κ2) is 15.5. The van der Waals surface area contributed by atoms with Gasteiger partial charge in [0.2, 0.25) is 11.8 Å². The van der Waals surface area contributed by atoms with Crippen LogP contribution in [0.15, 0.2) is 0 Å². The van der Waals surface area contributed by atoms with Crippen molar-refractivity contribution >= 4 is 36.6 Å². The number of nitrogens with one attached hydrogen (secondary N) is 2. The molecule has 0 saturated carbocycles. The Hall–Kier alpha value is -0.560. The number of carbonyl (C=O) groups is 2. The van der Waals surface area contributed by atoms with Gasteiger partial charge in [0.25, 0.3) is 0 Å². The van der Waals surface area contributed by atoms with Crippen LogP contribution in [0.4, 0.5) is 0 Å². The molecule has 0 saturated heterocycles. The van der Waals surface area contributed by atoms with Crippen LogP contribution in [0.25, 0.3) is 0 Å². The molecule has 0 unspecified atom stereocenters. The third-order valence-corrected chi connectivity index (χ3v) is 2.37. The molecule has 0 heterocycles. The number of hydrogen-bond donors (Lipinski definition) is 3. The zero-order valence-corrected chi connectivity index (χ0v) is 13.2. The van der Waals surface area contributed by atoms with Crippen molar-refractivity contribution in [3.8, 4) is 0 Å². The van der Waals surface area contributed by atoms with E-state index in [0.29, 0.717) is 6.54 Å². The third kappa shape index (κ3) is 13.7. The van der Waals surface area contributed by atoms with E-state index in [1.54, 1.807) is 0 Å². The van der Waals surface area contributed by atoms with E-state index in [1.807, 2.05) is 0 Å². The molecule has 0 aromatic heterocycles. The number of rotatable bonds is 9. The van der Waals surface area contributed by atoms with Crippen molar-refractivity contribution in [2.24, 2.45) is 5.73 Å². The minimum absolute atomic E-state index is 0. The summed E-state index contributed by atoms with van der Waals surface area (Å²) in [6.45, 7) is 7.59. The number of nitrogens with zero attached hydrogens (tertiary/aromatic N) is 1. The monoisotopic (exact) mass is 316 g/mol. The van der Waals surface area contributed by atoms with E-state index in [9.17, 15) is 9.59 Å². The lowest BCUT2D eigenvalue weighted by atomic mass is 10.4. The van der Waals surface area contributed by atoms with E-state index in [4.69, 9.17) is 5.73 Å². The molecular weight excluding hydrogens is 291 g/mol. The number of halogens is 2. The zero-order valence-electron chi connectivity index (χ0n) is 11.6. The molecule has 4 N–H and O–H groups in total. The van der Waals surface area contributed by atoms with Crippen LogP contribution in [0.3, 0.4) is 0 Å². The van der Waals surface area contributed by atoms with Gasteiger partial charge in [0, 0.05) is 13.1 Å². The average Bonchev–Trinajstić information content (AvgIpc) is 2.34. The van der Waals surface area contributed by atoms with Crippen LogP contribution in [0.2, 0.25) is 0 Å². The second-order valence-electron chi connectivity index (χ2n) is 3.77. The fourth-order valence-corrected chi connectivity index (χ4v) is 1.41. The summed E-state index contributed by atoms with van der Waals surface area (Å²) in [6.07, 6.45) is 1.11. The minimum atomic E-state index is -0.318. The van der Waals surface area contributed by atoms with Gasteiger partial charge >= 0.3 is 0 Å². The lowest BCUT2D eigenvalue weighted by molar-refractivity contribution is -0.125. The van der Waals surface area contributed by atoms with Crippen LogP contribution in [-0.4, -0.2) is 56.0 Å². The van der Waals surface area contributed by atoms with Crippen molar-refractivity contribution < 1.29 is 9.59 Å². The molecule has 0 aromatic rings. The molecular formula is C11H26Cl2N4O2. The SMILES string of the molecule is CCCN(CC)CCNC(=O)CNC(=O)CN.Cl.Cl. The number of nitrogens with two attached hydrogens (primary N) is 1. The standard InChI is InChI=1S/C11H24N4O2.2ClH/c1-3-6-15(4-2)7-5-13-11(17)9-14-10(16)8-12;;/h3-9,12H2,1-2H3,(H,13,17)(H,14,16);2*1H. The van der Waals surface area contributed by atoms with Crippen molar-refractivity contribution in [3.05, 3.63) is 0 Å². The van der Waals surface area contributed by atoms with Gasteiger partial charge in [-0.05, 0) is 19.5 Å². The molecule has 0 fully saturated rings. The Balaban J connectivity index is -0.00000128. The van der Waals surface area contributed by atoms with Crippen LogP contribution in [-0.2, 0) is 9.59 Å². The first-order valence-corrected chi connectivity index (χ1v) is 6.09. The van der Waals surface area contributed by atoms with Gasteiger partial charge in [-0.15, -0.1) is 24.8 Å². The largest absolute Gasteiger partial charge is 0.353 e. The van der Waals surface area contributed by atoms with E-state index < -0.39 is 0 Å². The summed E-state index contributed by atoms with van der Waals surface area (Å²) in [5.74, 6) is -0.499. The third-order valence-electron chi connectivity index (χ3n) is 2.37. The molecule has 19 heavy (non-hydrogen) atoms. The molecule has 0 atom stereocenters. The summed E-state index contributed by atoms with van der Waals surface area (Å²) in [4.78, 5) is 24.4. The van der Waals surface area contributed by atoms with Crippen LogP contribution >= 0.6 is 24.8 Å². The van der Waals surface area contributed by atoms with Crippen LogP contribution in [0.1, 0.15) is 20.3 Å². The Bertz CT molecular complexity index is 243. The molecule has 0 aliphatic carbocycles. The first-order chi connectivity index (χ1) is 8.13. The van der Waals surface area contributed by atoms with E-state index in [-0.39, 0.29) is 49.7 Å². The summed E-state index contributed by atoms with van der Waals surface area (Å²) in [7, 11) is 0. The highest BCUT2D eigenvalue weighted by molar-refractivity contribution is 5.86. The lowest BCUT2D eigenvalue weighted by Crippen LogP contribution is -2.42. The van der Waals surface area contributed by atoms with Crippen LogP contribution in [0, 0.1) is 0 Å². The summed E-state index contributed by atoms with van der Waals surface area (Å²) in [6, 6.07) is 0. The normalized spacial score (nSPS) is 9.26. The Kier molecular flexibility index (Phi) is 19.2. The van der Waals surface area contributed by atoms with Crippen molar-refractivity contribution in [1.29, 1.82) is 0 Å². The molecule has 0 aliphatic heterocycles. The molecule has 0 rings (SSSR count). The topological polar surface area (TPSA) is 87.5 Å². The van der Waals surface area contributed by atoms with E-state index >= 15 is 0 Å². The Morgan fingerprint density at radius 3 is 2.16 bits per heavy atom. The van der Waals surface area contributed by atoms with Gasteiger partial charge in [-0.3, -0.25) is 9.59 Å². The van der Waals surface area contributed by atoms with Gasteiger partial charge in [-0.2, -0.15) is 0 Å². The minimum Gasteiger partial charge on any atom is -0.353 e.